The average Bonchev–Trinajstić information content (AvgIpc) is 2.88. The predicted molar refractivity (Wildman–Crippen MR) is 81.0 cm³/mol. The lowest BCUT2D eigenvalue weighted by molar-refractivity contribution is 0.152. The standard InChI is InChI=1S/C15H18N2O2S/c1-3-19-15(18)16-9-8-12-10-20-14(17-12)13-7-5-4-6-11(13)2/h4-7,10H,3,8-9H2,1-2H3,(H,16,18). The largest absolute Gasteiger partial charge is 0.450 e. The van der Waals surface area contributed by atoms with E-state index in [9.17, 15) is 4.79 Å². The third-order valence-electron chi connectivity index (χ3n) is 2.85. The molecular weight excluding hydrogens is 272 g/mol. The summed E-state index contributed by atoms with van der Waals surface area (Å²) in [6.07, 6.45) is 0.336. The number of ether oxygens (including phenoxy) is 1. The average molecular weight is 290 g/mol. The minimum Gasteiger partial charge on any atom is -0.450 e. The van der Waals surface area contributed by atoms with E-state index in [2.05, 4.69) is 29.4 Å². The molecule has 2 rings (SSSR count). The van der Waals surface area contributed by atoms with E-state index in [1.165, 1.54) is 11.1 Å². The molecule has 20 heavy (non-hydrogen) atoms. The normalized spacial score (nSPS) is 10.3. The van der Waals surface area contributed by atoms with Crippen LogP contribution >= 0.6 is 11.3 Å². The third-order valence-corrected chi connectivity index (χ3v) is 3.78. The molecule has 0 saturated heterocycles. The minimum absolute atomic E-state index is 0.373. The summed E-state index contributed by atoms with van der Waals surface area (Å²) < 4.78 is 4.80. The van der Waals surface area contributed by atoms with Gasteiger partial charge in [0.05, 0.1) is 12.3 Å². The second kappa shape index (κ2) is 7.05. The topological polar surface area (TPSA) is 51.2 Å². The van der Waals surface area contributed by atoms with Crippen molar-refractivity contribution in [1.82, 2.24) is 10.3 Å². The van der Waals surface area contributed by atoms with Crippen molar-refractivity contribution in [3.05, 3.63) is 40.9 Å². The SMILES string of the molecule is CCOC(=O)NCCc1csc(-c2ccccc2C)n1. The van der Waals surface area contributed by atoms with Crippen LogP contribution in [0.3, 0.4) is 0 Å². The smallest absolute Gasteiger partial charge is 0.407 e. The fraction of sp³-hybridized carbons (Fsp3) is 0.333. The van der Waals surface area contributed by atoms with Crippen molar-refractivity contribution in [2.45, 2.75) is 20.3 Å². The highest BCUT2D eigenvalue weighted by atomic mass is 32.1. The molecular formula is C15H18N2O2S. The second-order valence-corrected chi connectivity index (χ2v) is 5.21. The van der Waals surface area contributed by atoms with Gasteiger partial charge in [-0.1, -0.05) is 24.3 Å². The van der Waals surface area contributed by atoms with Gasteiger partial charge in [-0.05, 0) is 19.4 Å². The Morgan fingerprint density at radius 2 is 2.20 bits per heavy atom. The summed E-state index contributed by atoms with van der Waals surface area (Å²) in [5.74, 6) is 0. The molecule has 1 aromatic heterocycles. The van der Waals surface area contributed by atoms with Gasteiger partial charge in [0.2, 0.25) is 0 Å². The summed E-state index contributed by atoms with van der Waals surface area (Å²) in [6.45, 7) is 4.79. The number of aromatic nitrogens is 1. The summed E-state index contributed by atoms with van der Waals surface area (Å²) in [7, 11) is 0. The van der Waals surface area contributed by atoms with Gasteiger partial charge in [0.15, 0.2) is 0 Å². The number of hydrogen-bond donors (Lipinski definition) is 1. The summed E-state index contributed by atoms with van der Waals surface area (Å²) >= 11 is 1.63. The molecule has 5 heteroatoms. The minimum atomic E-state index is -0.373. The first-order chi connectivity index (χ1) is 9.70. The summed E-state index contributed by atoms with van der Waals surface area (Å²) in [4.78, 5) is 15.8. The van der Waals surface area contributed by atoms with E-state index in [0.29, 0.717) is 19.6 Å². The molecule has 1 N–H and O–H groups in total. The van der Waals surface area contributed by atoms with Crippen molar-refractivity contribution in [3.63, 3.8) is 0 Å². The lowest BCUT2D eigenvalue weighted by Gasteiger charge is -2.03. The molecule has 0 spiro atoms. The summed E-state index contributed by atoms with van der Waals surface area (Å²) in [6, 6.07) is 8.20. The van der Waals surface area contributed by atoms with E-state index >= 15 is 0 Å². The van der Waals surface area contributed by atoms with Gasteiger partial charge in [-0.2, -0.15) is 0 Å². The highest BCUT2D eigenvalue weighted by Crippen LogP contribution is 2.26. The molecule has 0 aliphatic heterocycles. The van der Waals surface area contributed by atoms with Crippen molar-refractivity contribution in [2.75, 3.05) is 13.2 Å². The van der Waals surface area contributed by atoms with Crippen LogP contribution in [0, 0.1) is 6.92 Å². The number of aryl methyl sites for hydroxylation is 1. The zero-order valence-electron chi connectivity index (χ0n) is 11.7. The van der Waals surface area contributed by atoms with Crippen LogP contribution in [0.15, 0.2) is 29.6 Å². The zero-order chi connectivity index (χ0) is 14.4. The Balaban J connectivity index is 1.93. The highest BCUT2D eigenvalue weighted by Gasteiger charge is 2.07. The van der Waals surface area contributed by atoms with Crippen LogP contribution in [0.1, 0.15) is 18.2 Å². The van der Waals surface area contributed by atoms with E-state index in [4.69, 9.17) is 4.74 Å². The molecule has 0 radical (unpaired) electrons. The first-order valence-corrected chi connectivity index (χ1v) is 7.49. The number of nitrogens with one attached hydrogen (secondary N) is 1. The third kappa shape index (κ3) is 3.81. The Hall–Kier alpha value is -1.88. The first kappa shape index (κ1) is 14.5. The number of rotatable bonds is 5. The van der Waals surface area contributed by atoms with Gasteiger partial charge < -0.3 is 10.1 Å². The summed E-state index contributed by atoms with van der Waals surface area (Å²) in [5.41, 5.74) is 3.38. The number of thiazole rings is 1. The number of alkyl carbamates (subject to hydrolysis) is 1. The van der Waals surface area contributed by atoms with Gasteiger partial charge in [-0.25, -0.2) is 9.78 Å². The maximum Gasteiger partial charge on any atom is 0.407 e. The van der Waals surface area contributed by atoms with E-state index in [1.54, 1.807) is 18.3 Å². The van der Waals surface area contributed by atoms with Crippen LogP contribution < -0.4 is 5.32 Å². The van der Waals surface area contributed by atoms with Gasteiger partial charge in [0.25, 0.3) is 0 Å². The Morgan fingerprint density at radius 1 is 1.40 bits per heavy atom. The van der Waals surface area contributed by atoms with Crippen LogP contribution in [0.5, 0.6) is 0 Å². The van der Waals surface area contributed by atoms with Crippen molar-refractivity contribution in [2.24, 2.45) is 0 Å². The number of carbonyl (C=O) groups excluding carboxylic acids is 1. The monoisotopic (exact) mass is 290 g/mol. The first-order valence-electron chi connectivity index (χ1n) is 6.61. The summed E-state index contributed by atoms with van der Waals surface area (Å²) in [5, 5.41) is 5.75. The van der Waals surface area contributed by atoms with Crippen molar-refractivity contribution >= 4 is 17.4 Å². The van der Waals surface area contributed by atoms with E-state index in [0.717, 1.165) is 10.7 Å². The van der Waals surface area contributed by atoms with Gasteiger partial charge in [0.1, 0.15) is 5.01 Å². The molecule has 1 heterocycles. The van der Waals surface area contributed by atoms with E-state index in [-0.39, 0.29) is 6.09 Å². The molecule has 1 aromatic carbocycles. The van der Waals surface area contributed by atoms with Crippen LogP contribution in [-0.4, -0.2) is 24.2 Å². The second-order valence-electron chi connectivity index (χ2n) is 4.36. The fourth-order valence-corrected chi connectivity index (χ4v) is 2.78. The zero-order valence-corrected chi connectivity index (χ0v) is 12.5. The van der Waals surface area contributed by atoms with Gasteiger partial charge in [-0.3, -0.25) is 0 Å². The Kier molecular flexibility index (Phi) is 5.12. The fourth-order valence-electron chi connectivity index (χ4n) is 1.83. The number of hydrogen-bond acceptors (Lipinski definition) is 4. The molecule has 4 nitrogen and oxygen atoms in total. The van der Waals surface area contributed by atoms with Crippen molar-refractivity contribution in [1.29, 1.82) is 0 Å². The lowest BCUT2D eigenvalue weighted by atomic mass is 10.1. The van der Waals surface area contributed by atoms with E-state index < -0.39 is 0 Å². The molecule has 0 bridgehead atoms. The molecule has 0 fully saturated rings. The van der Waals surface area contributed by atoms with Crippen LogP contribution in [0.2, 0.25) is 0 Å². The molecule has 0 atom stereocenters. The Labute approximate surface area is 122 Å². The predicted octanol–water partition coefficient (Wildman–Crippen LogP) is 3.41. The van der Waals surface area contributed by atoms with Crippen LogP contribution in [0.4, 0.5) is 4.79 Å². The maximum absolute atomic E-state index is 11.2. The van der Waals surface area contributed by atoms with Gasteiger partial charge in [-0.15, -0.1) is 11.3 Å². The Morgan fingerprint density at radius 3 is 2.95 bits per heavy atom. The molecule has 1 amide bonds. The number of nitrogens with zero attached hydrogens (tertiary/aromatic N) is 1. The Bertz CT molecular complexity index is 581. The van der Waals surface area contributed by atoms with Crippen LogP contribution in [0.25, 0.3) is 10.6 Å². The highest BCUT2D eigenvalue weighted by molar-refractivity contribution is 7.13. The molecule has 0 aliphatic rings. The van der Waals surface area contributed by atoms with Gasteiger partial charge in [0, 0.05) is 23.9 Å². The lowest BCUT2D eigenvalue weighted by Crippen LogP contribution is -2.26. The van der Waals surface area contributed by atoms with Gasteiger partial charge >= 0.3 is 6.09 Å². The van der Waals surface area contributed by atoms with E-state index in [1.807, 2.05) is 17.5 Å². The number of amides is 1. The van der Waals surface area contributed by atoms with Crippen molar-refractivity contribution < 1.29 is 9.53 Å². The molecule has 0 aliphatic carbocycles. The molecule has 0 unspecified atom stereocenters. The quantitative estimate of drug-likeness (QED) is 0.918. The number of benzene rings is 1. The number of carbonyl (C=O) groups is 1. The van der Waals surface area contributed by atoms with Crippen molar-refractivity contribution in [3.8, 4) is 10.6 Å². The molecule has 106 valence electrons. The molecule has 2 aromatic rings. The maximum atomic E-state index is 11.2. The van der Waals surface area contributed by atoms with Crippen LogP contribution in [-0.2, 0) is 11.2 Å². The molecule has 0 saturated carbocycles.